The molecule has 0 aromatic heterocycles. The van der Waals surface area contributed by atoms with E-state index >= 15 is 0 Å². The molecule has 176 valence electrons. The number of fused-ring (bicyclic) bond motifs is 2. The van der Waals surface area contributed by atoms with Crippen molar-refractivity contribution in [1.82, 2.24) is 14.7 Å². The quantitative estimate of drug-likeness (QED) is 0.775. The van der Waals surface area contributed by atoms with Gasteiger partial charge in [0.2, 0.25) is 5.91 Å². The molecule has 0 aliphatic carbocycles. The van der Waals surface area contributed by atoms with Crippen LogP contribution < -0.4 is 4.90 Å². The van der Waals surface area contributed by atoms with Crippen LogP contribution in [0.25, 0.3) is 0 Å². The average Bonchev–Trinajstić information content (AvgIpc) is 3.06. The number of aliphatic hydroxyl groups excluding tert-OH is 1. The lowest BCUT2D eigenvalue weighted by Gasteiger charge is -2.45. The smallest absolute Gasteiger partial charge is 0.323 e. The predicted molar refractivity (Wildman–Crippen MR) is 121 cm³/mol. The van der Waals surface area contributed by atoms with Crippen LogP contribution in [0.1, 0.15) is 44.6 Å². The highest BCUT2D eigenvalue weighted by atomic mass is 19.1. The summed E-state index contributed by atoms with van der Waals surface area (Å²) in [5.74, 6) is -0.217. The summed E-state index contributed by atoms with van der Waals surface area (Å²) in [6.45, 7) is 5.53. The van der Waals surface area contributed by atoms with Crippen molar-refractivity contribution in [2.45, 2.75) is 56.6 Å². The highest BCUT2D eigenvalue weighted by Gasteiger charge is 2.47. The molecule has 1 N–H and O–H groups in total. The summed E-state index contributed by atoms with van der Waals surface area (Å²) in [6, 6.07) is 5.19. The van der Waals surface area contributed by atoms with Gasteiger partial charge in [-0.1, -0.05) is 0 Å². The van der Waals surface area contributed by atoms with E-state index in [2.05, 4.69) is 4.90 Å². The number of carbonyl (C=O) groups excluding carboxylic acids is 2. The molecule has 1 atom stereocenters. The molecule has 0 unspecified atom stereocenters. The van der Waals surface area contributed by atoms with Crippen LogP contribution in [0.5, 0.6) is 0 Å². The van der Waals surface area contributed by atoms with Gasteiger partial charge < -0.3 is 19.8 Å². The van der Waals surface area contributed by atoms with Gasteiger partial charge in [-0.2, -0.15) is 0 Å². The number of piperidine rings is 2. The number of nitrogens with zero attached hydrogens (tertiary/aromatic N) is 4. The molecule has 7 nitrogen and oxygen atoms in total. The van der Waals surface area contributed by atoms with Crippen molar-refractivity contribution in [3.8, 4) is 0 Å². The number of likely N-dealkylation sites (tertiary alicyclic amines) is 2. The maximum atomic E-state index is 14.2. The first-order chi connectivity index (χ1) is 15.2. The number of anilines is 1. The maximum Gasteiger partial charge on any atom is 0.323 e. The number of hydrogen-bond acceptors (Lipinski definition) is 4. The molecule has 8 heteroatoms. The van der Waals surface area contributed by atoms with Crippen LogP contribution in [-0.4, -0.2) is 90.7 Å². The zero-order valence-electron chi connectivity index (χ0n) is 19.4. The zero-order valence-corrected chi connectivity index (χ0v) is 19.4. The van der Waals surface area contributed by atoms with E-state index in [0.29, 0.717) is 12.6 Å². The standard InChI is InChI=1S/C24H35FN4O3/c1-17(30)14-22(31)28-10-6-19(7-11-28)27-12-8-24(9-13-27)16-29(23(32)26(2)3)21-5-4-18(25)15-20(21)24/h4-5,15,17,19,30H,6-14,16H2,1-3H3/t17-/m1/s1. The first-order valence-corrected chi connectivity index (χ1v) is 11.7. The van der Waals surface area contributed by atoms with Crippen LogP contribution in [0.4, 0.5) is 14.9 Å². The molecule has 3 aliphatic rings. The number of aliphatic hydroxyl groups is 1. The third kappa shape index (κ3) is 4.35. The Morgan fingerprint density at radius 2 is 1.84 bits per heavy atom. The Morgan fingerprint density at radius 1 is 1.19 bits per heavy atom. The minimum atomic E-state index is -0.600. The second-order valence-electron chi connectivity index (χ2n) is 9.91. The van der Waals surface area contributed by atoms with Crippen LogP contribution in [0.2, 0.25) is 0 Å². The van der Waals surface area contributed by atoms with Crippen molar-refractivity contribution < 1.29 is 19.1 Å². The van der Waals surface area contributed by atoms with Gasteiger partial charge in [-0.3, -0.25) is 9.69 Å². The van der Waals surface area contributed by atoms with Crippen molar-refractivity contribution in [3.63, 3.8) is 0 Å². The molecule has 4 rings (SSSR count). The van der Waals surface area contributed by atoms with Gasteiger partial charge in [0.15, 0.2) is 0 Å². The lowest BCUT2D eigenvalue weighted by Crippen LogP contribution is -2.53. The van der Waals surface area contributed by atoms with E-state index in [1.54, 1.807) is 43.0 Å². The second kappa shape index (κ2) is 8.98. The highest BCUT2D eigenvalue weighted by molar-refractivity contribution is 5.95. The molecule has 1 spiro atoms. The number of rotatable bonds is 3. The van der Waals surface area contributed by atoms with Crippen LogP contribution in [0, 0.1) is 5.82 Å². The number of carbonyl (C=O) groups is 2. The Kier molecular flexibility index (Phi) is 6.45. The van der Waals surface area contributed by atoms with Crippen molar-refractivity contribution in [2.24, 2.45) is 0 Å². The summed E-state index contributed by atoms with van der Waals surface area (Å²) in [4.78, 5) is 32.8. The lowest BCUT2D eigenvalue weighted by atomic mass is 9.74. The molecule has 0 radical (unpaired) electrons. The summed E-state index contributed by atoms with van der Waals surface area (Å²) in [7, 11) is 3.49. The molecule has 2 saturated heterocycles. The first kappa shape index (κ1) is 23.0. The summed E-state index contributed by atoms with van der Waals surface area (Å²) < 4.78 is 14.2. The van der Waals surface area contributed by atoms with Crippen molar-refractivity contribution in [3.05, 3.63) is 29.6 Å². The normalized spacial score (nSPS) is 22.2. The Bertz CT molecular complexity index is 859. The second-order valence-corrected chi connectivity index (χ2v) is 9.91. The molecular formula is C24H35FN4O3. The highest BCUT2D eigenvalue weighted by Crippen LogP contribution is 2.48. The third-order valence-corrected chi connectivity index (χ3v) is 7.45. The predicted octanol–water partition coefficient (Wildman–Crippen LogP) is 2.42. The van der Waals surface area contributed by atoms with Gasteiger partial charge in [0, 0.05) is 50.9 Å². The van der Waals surface area contributed by atoms with E-state index in [4.69, 9.17) is 0 Å². The van der Waals surface area contributed by atoms with Crippen LogP contribution in [0.3, 0.4) is 0 Å². The maximum absolute atomic E-state index is 14.2. The Hall–Kier alpha value is -2.19. The zero-order chi connectivity index (χ0) is 23.0. The Labute approximate surface area is 189 Å². The van der Waals surface area contributed by atoms with E-state index in [9.17, 15) is 19.1 Å². The van der Waals surface area contributed by atoms with Gasteiger partial charge in [-0.15, -0.1) is 0 Å². The summed E-state index contributed by atoms with van der Waals surface area (Å²) >= 11 is 0. The summed E-state index contributed by atoms with van der Waals surface area (Å²) in [5.41, 5.74) is 1.60. The molecule has 1 aromatic rings. The van der Waals surface area contributed by atoms with Crippen molar-refractivity contribution in [2.75, 3.05) is 51.7 Å². The fourth-order valence-electron chi connectivity index (χ4n) is 5.66. The topological polar surface area (TPSA) is 67.3 Å². The van der Waals surface area contributed by atoms with Crippen LogP contribution in [0.15, 0.2) is 18.2 Å². The largest absolute Gasteiger partial charge is 0.393 e. The number of benzene rings is 1. The molecule has 3 amide bonds. The Morgan fingerprint density at radius 3 is 2.44 bits per heavy atom. The van der Waals surface area contributed by atoms with E-state index in [0.717, 1.165) is 63.1 Å². The Balaban J connectivity index is 1.41. The van der Waals surface area contributed by atoms with Gasteiger partial charge in [-0.05, 0) is 69.5 Å². The molecule has 32 heavy (non-hydrogen) atoms. The van der Waals surface area contributed by atoms with Crippen molar-refractivity contribution >= 4 is 17.6 Å². The van der Waals surface area contributed by atoms with E-state index in [1.807, 2.05) is 4.90 Å². The van der Waals surface area contributed by atoms with Gasteiger partial charge in [0.25, 0.3) is 0 Å². The molecule has 2 fully saturated rings. The molecule has 1 aromatic carbocycles. The number of urea groups is 1. The lowest BCUT2D eigenvalue weighted by molar-refractivity contribution is -0.134. The molecule has 0 bridgehead atoms. The van der Waals surface area contributed by atoms with E-state index < -0.39 is 6.10 Å². The summed E-state index contributed by atoms with van der Waals surface area (Å²) in [5, 5.41) is 9.47. The molecule has 3 aliphatic heterocycles. The molecule has 3 heterocycles. The van der Waals surface area contributed by atoms with Gasteiger partial charge in [0.1, 0.15) is 5.82 Å². The first-order valence-electron chi connectivity index (χ1n) is 11.7. The minimum absolute atomic E-state index is 0.0336. The van der Waals surface area contributed by atoms with E-state index in [1.165, 1.54) is 6.07 Å². The van der Waals surface area contributed by atoms with Gasteiger partial charge >= 0.3 is 6.03 Å². The fourth-order valence-corrected chi connectivity index (χ4v) is 5.66. The monoisotopic (exact) mass is 446 g/mol. The number of halogens is 1. The number of amides is 3. The molecule has 0 saturated carbocycles. The number of hydrogen-bond donors (Lipinski definition) is 1. The molecular weight excluding hydrogens is 411 g/mol. The SMILES string of the molecule is C[C@@H](O)CC(=O)N1CCC(N2CCC3(CC2)CN(C(=O)N(C)C)c2ccc(F)cc23)CC1. The average molecular weight is 447 g/mol. The minimum Gasteiger partial charge on any atom is -0.393 e. The third-order valence-electron chi connectivity index (χ3n) is 7.45. The van der Waals surface area contributed by atoms with E-state index in [-0.39, 0.29) is 29.6 Å². The van der Waals surface area contributed by atoms with Gasteiger partial charge in [0.05, 0.1) is 12.5 Å². The van der Waals surface area contributed by atoms with Gasteiger partial charge in [-0.25, -0.2) is 9.18 Å². The van der Waals surface area contributed by atoms with Crippen LogP contribution in [-0.2, 0) is 10.2 Å². The van der Waals surface area contributed by atoms with Crippen LogP contribution >= 0.6 is 0 Å². The summed E-state index contributed by atoms with van der Waals surface area (Å²) in [6.07, 6.45) is 3.25. The fraction of sp³-hybridized carbons (Fsp3) is 0.667. The van der Waals surface area contributed by atoms with Crippen molar-refractivity contribution in [1.29, 1.82) is 0 Å².